The van der Waals surface area contributed by atoms with Gasteiger partial charge in [0, 0.05) is 12.6 Å². The van der Waals surface area contributed by atoms with Crippen molar-refractivity contribution in [2.24, 2.45) is 0 Å². The van der Waals surface area contributed by atoms with Gasteiger partial charge in [-0.2, -0.15) is 0 Å². The molecule has 0 aliphatic heterocycles. The zero-order valence-electron chi connectivity index (χ0n) is 22.6. The Bertz CT molecular complexity index is 1470. The van der Waals surface area contributed by atoms with E-state index in [1.54, 1.807) is 25.1 Å². The van der Waals surface area contributed by atoms with Crippen molar-refractivity contribution in [1.82, 2.24) is 10.2 Å². The molecule has 1 aliphatic carbocycles. The third kappa shape index (κ3) is 7.58. The monoisotopic (exact) mass is 619 g/mol. The maximum Gasteiger partial charge on any atom is 0.264 e. The van der Waals surface area contributed by atoms with Crippen LogP contribution in [0.3, 0.4) is 0 Å². The van der Waals surface area contributed by atoms with Gasteiger partial charge >= 0.3 is 0 Å². The van der Waals surface area contributed by atoms with Gasteiger partial charge in [-0.15, -0.1) is 0 Å². The van der Waals surface area contributed by atoms with E-state index >= 15 is 0 Å². The molecule has 1 N–H and O–H groups in total. The number of anilines is 1. The highest BCUT2D eigenvalue weighted by atomic mass is 35.5. The minimum Gasteiger partial charge on any atom is -0.352 e. The van der Waals surface area contributed by atoms with E-state index in [0.29, 0.717) is 12.0 Å². The molecule has 4 rings (SSSR count). The molecule has 7 nitrogen and oxygen atoms in total. The van der Waals surface area contributed by atoms with Crippen LogP contribution in [0.4, 0.5) is 10.1 Å². The first-order valence-electron chi connectivity index (χ1n) is 13.5. The second-order valence-electron chi connectivity index (χ2n) is 9.99. The van der Waals surface area contributed by atoms with E-state index in [0.717, 1.165) is 30.0 Å². The smallest absolute Gasteiger partial charge is 0.264 e. The number of sulfonamides is 1. The summed E-state index contributed by atoms with van der Waals surface area (Å²) in [6.45, 7) is 1.17. The fraction of sp³-hybridized carbons (Fsp3) is 0.333. The largest absolute Gasteiger partial charge is 0.352 e. The number of carbonyl (C=O) groups excluding carboxylic acids is 2. The molecule has 0 bridgehead atoms. The van der Waals surface area contributed by atoms with Crippen molar-refractivity contribution >= 4 is 50.7 Å². The summed E-state index contributed by atoms with van der Waals surface area (Å²) in [5.41, 5.74) is 0.737. The van der Waals surface area contributed by atoms with Crippen molar-refractivity contribution in [1.29, 1.82) is 0 Å². The molecule has 2 amide bonds. The van der Waals surface area contributed by atoms with Gasteiger partial charge in [-0.3, -0.25) is 13.9 Å². The lowest BCUT2D eigenvalue weighted by Crippen LogP contribution is -2.53. The highest BCUT2D eigenvalue weighted by Crippen LogP contribution is 2.31. The van der Waals surface area contributed by atoms with E-state index in [1.807, 2.05) is 0 Å². The van der Waals surface area contributed by atoms with Crippen LogP contribution >= 0.6 is 23.2 Å². The topological polar surface area (TPSA) is 86.8 Å². The van der Waals surface area contributed by atoms with Crippen LogP contribution in [-0.4, -0.2) is 43.8 Å². The fourth-order valence-corrected chi connectivity index (χ4v) is 6.68. The molecular formula is C30H32Cl2FN3O4S. The number of nitrogens with one attached hydrogen (secondary N) is 1. The normalized spacial score (nSPS) is 14.4. The first kappa shape index (κ1) is 30.8. The van der Waals surface area contributed by atoms with Crippen molar-refractivity contribution in [2.75, 3.05) is 10.8 Å². The second kappa shape index (κ2) is 13.7. The molecule has 218 valence electrons. The summed E-state index contributed by atoms with van der Waals surface area (Å²) in [6, 6.07) is 16.8. The van der Waals surface area contributed by atoms with Gasteiger partial charge in [0.1, 0.15) is 18.4 Å². The van der Waals surface area contributed by atoms with Gasteiger partial charge in [0.15, 0.2) is 0 Å². The summed E-state index contributed by atoms with van der Waals surface area (Å²) in [5.74, 6) is -1.34. The van der Waals surface area contributed by atoms with E-state index in [-0.39, 0.29) is 39.1 Å². The Morgan fingerprint density at radius 2 is 1.63 bits per heavy atom. The lowest BCUT2D eigenvalue weighted by atomic mass is 10.1. The van der Waals surface area contributed by atoms with Crippen LogP contribution in [0.1, 0.15) is 44.6 Å². The molecular weight excluding hydrogens is 588 g/mol. The molecule has 1 atom stereocenters. The average molecular weight is 621 g/mol. The molecule has 0 heterocycles. The lowest BCUT2D eigenvalue weighted by Gasteiger charge is -2.33. The second-order valence-corrected chi connectivity index (χ2v) is 12.7. The first-order chi connectivity index (χ1) is 19.6. The standard InChI is InChI=1S/C30H32Cl2FN3O4S/c1-2-28(30(38)34-23-8-6-7-9-23)35(19-21-12-14-22(33)15-13-21)29(37)20-36(24-16-17-26(31)27(32)18-24)41(39,40)25-10-4-3-5-11-25/h3-5,10-18,23,28H,2,6-9,19-20H2,1H3,(H,34,38)/t28-/m1/s1. The summed E-state index contributed by atoms with van der Waals surface area (Å²) in [4.78, 5) is 28.9. The Labute approximate surface area is 250 Å². The molecule has 0 radical (unpaired) electrons. The van der Waals surface area contributed by atoms with Crippen LogP contribution in [0.25, 0.3) is 0 Å². The Kier molecular flexibility index (Phi) is 10.3. The molecule has 0 saturated heterocycles. The SMILES string of the molecule is CC[C@H](C(=O)NC1CCCC1)N(Cc1ccc(F)cc1)C(=O)CN(c1ccc(Cl)c(Cl)c1)S(=O)(=O)c1ccccc1. The van der Waals surface area contributed by atoms with Gasteiger partial charge in [-0.05, 0) is 67.3 Å². The average Bonchev–Trinajstić information content (AvgIpc) is 3.47. The van der Waals surface area contributed by atoms with Gasteiger partial charge < -0.3 is 10.2 Å². The van der Waals surface area contributed by atoms with Crippen LogP contribution < -0.4 is 9.62 Å². The summed E-state index contributed by atoms with van der Waals surface area (Å²) in [5, 5.41) is 3.41. The van der Waals surface area contributed by atoms with Crippen molar-refractivity contribution < 1.29 is 22.4 Å². The summed E-state index contributed by atoms with van der Waals surface area (Å²) < 4.78 is 42.3. The van der Waals surface area contributed by atoms with Crippen LogP contribution in [0.5, 0.6) is 0 Å². The highest BCUT2D eigenvalue weighted by molar-refractivity contribution is 7.92. The maximum atomic E-state index is 14.1. The van der Waals surface area contributed by atoms with Crippen LogP contribution in [0.2, 0.25) is 10.0 Å². The van der Waals surface area contributed by atoms with Gasteiger partial charge in [0.25, 0.3) is 10.0 Å². The summed E-state index contributed by atoms with van der Waals surface area (Å²) in [6.07, 6.45) is 4.08. The number of hydrogen-bond acceptors (Lipinski definition) is 4. The highest BCUT2D eigenvalue weighted by Gasteiger charge is 2.34. The number of halogens is 3. The molecule has 1 fully saturated rings. The zero-order valence-corrected chi connectivity index (χ0v) is 24.9. The first-order valence-corrected chi connectivity index (χ1v) is 15.7. The zero-order chi connectivity index (χ0) is 29.6. The van der Waals surface area contributed by atoms with E-state index in [2.05, 4.69) is 5.32 Å². The molecule has 3 aromatic rings. The molecule has 3 aromatic carbocycles. The summed E-state index contributed by atoms with van der Waals surface area (Å²) >= 11 is 12.3. The molecule has 41 heavy (non-hydrogen) atoms. The Morgan fingerprint density at radius 3 is 2.24 bits per heavy atom. The van der Waals surface area contributed by atoms with Crippen molar-refractivity contribution in [3.05, 3.63) is 94.2 Å². The number of nitrogens with zero attached hydrogens (tertiary/aromatic N) is 2. The van der Waals surface area contributed by atoms with Crippen LogP contribution in [0, 0.1) is 5.82 Å². The Morgan fingerprint density at radius 1 is 0.976 bits per heavy atom. The molecule has 0 unspecified atom stereocenters. The maximum absolute atomic E-state index is 14.1. The quantitative estimate of drug-likeness (QED) is 0.277. The van der Waals surface area contributed by atoms with Crippen LogP contribution in [-0.2, 0) is 26.2 Å². The molecule has 0 aromatic heterocycles. The Hall–Kier alpha value is -3.14. The van der Waals surface area contributed by atoms with Crippen LogP contribution in [0.15, 0.2) is 77.7 Å². The van der Waals surface area contributed by atoms with Gasteiger partial charge in [0.05, 0.1) is 20.6 Å². The van der Waals surface area contributed by atoms with Gasteiger partial charge in [-0.25, -0.2) is 12.8 Å². The van der Waals surface area contributed by atoms with E-state index in [4.69, 9.17) is 23.2 Å². The number of carbonyl (C=O) groups is 2. The number of benzene rings is 3. The van der Waals surface area contributed by atoms with Crippen molar-refractivity contribution in [3.8, 4) is 0 Å². The predicted octanol–water partition coefficient (Wildman–Crippen LogP) is 6.19. The molecule has 1 aliphatic rings. The molecule has 11 heteroatoms. The van der Waals surface area contributed by atoms with Gasteiger partial charge in [-0.1, -0.05) is 73.3 Å². The van der Waals surface area contributed by atoms with Crippen molar-refractivity contribution in [2.45, 2.75) is 62.6 Å². The van der Waals surface area contributed by atoms with Crippen molar-refractivity contribution in [3.63, 3.8) is 0 Å². The fourth-order valence-electron chi connectivity index (χ4n) is 4.96. The summed E-state index contributed by atoms with van der Waals surface area (Å²) in [7, 11) is -4.23. The number of amides is 2. The Balaban J connectivity index is 1.72. The lowest BCUT2D eigenvalue weighted by molar-refractivity contribution is -0.140. The predicted molar refractivity (Wildman–Crippen MR) is 159 cm³/mol. The third-order valence-corrected chi connectivity index (χ3v) is 9.68. The van der Waals surface area contributed by atoms with E-state index < -0.39 is 34.3 Å². The minimum absolute atomic E-state index is 0.0176. The van der Waals surface area contributed by atoms with Gasteiger partial charge in [0.2, 0.25) is 11.8 Å². The molecule has 0 spiro atoms. The third-order valence-electron chi connectivity index (χ3n) is 7.15. The number of rotatable bonds is 11. The van der Waals surface area contributed by atoms with E-state index in [9.17, 15) is 22.4 Å². The van der Waals surface area contributed by atoms with E-state index in [1.165, 1.54) is 59.5 Å². The number of hydrogen-bond donors (Lipinski definition) is 1. The molecule has 1 saturated carbocycles. The minimum atomic E-state index is -4.23.